The number of pyridine rings is 1. The average Bonchev–Trinajstić information content (AvgIpc) is 2.16. The number of rotatable bonds is 2. The molecule has 0 saturated heterocycles. The normalized spacial score (nSPS) is 10.1. The SMILES string of the molecule is N#Cc1c(Br)ncc(C(=O)Cl)c1C(F)F. The van der Waals surface area contributed by atoms with Gasteiger partial charge in [-0.05, 0) is 27.5 Å². The molecule has 0 fully saturated rings. The van der Waals surface area contributed by atoms with Crippen molar-refractivity contribution in [2.24, 2.45) is 0 Å². The maximum absolute atomic E-state index is 12.6. The van der Waals surface area contributed by atoms with Gasteiger partial charge in [-0.15, -0.1) is 0 Å². The Morgan fingerprint density at radius 2 is 2.27 bits per heavy atom. The molecule has 15 heavy (non-hydrogen) atoms. The van der Waals surface area contributed by atoms with Crippen LogP contribution in [0.4, 0.5) is 8.78 Å². The van der Waals surface area contributed by atoms with E-state index < -0.39 is 22.8 Å². The van der Waals surface area contributed by atoms with Crippen LogP contribution in [-0.4, -0.2) is 10.2 Å². The minimum atomic E-state index is -2.96. The van der Waals surface area contributed by atoms with Crippen molar-refractivity contribution >= 4 is 32.8 Å². The van der Waals surface area contributed by atoms with Crippen molar-refractivity contribution in [3.8, 4) is 6.07 Å². The maximum atomic E-state index is 12.6. The molecule has 0 aliphatic carbocycles. The van der Waals surface area contributed by atoms with Gasteiger partial charge in [0.1, 0.15) is 10.7 Å². The van der Waals surface area contributed by atoms with E-state index in [-0.39, 0.29) is 10.2 Å². The molecule has 0 unspecified atom stereocenters. The number of carbonyl (C=O) groups excluding carboxylic acids is 1. The zero-order valence-corrected chi connectivity index (χ0v) is 9.31. The fourth-order valence-electron chi connectivity index (χ4n) is 0.991. The van der Waals surface area contributed by atoms with Crippen molar-refractivity contribution < 1.29 is 13.6 Å². The maximum Gasteiger partial charge on any atom is 0.266 e. The largest absolute Gasteiger partial charge is 0.276 e. The molecule has 0 aliphatic heterocycles. The quantitative estimate of drug-likeness (QED) is 0.622. The Labute approximate surface area is 96.8 Å². The molecule has 0 spiro atoms. The summed E-state index contributed by atoms with van der Waals surface area (Å²) in [7, 11) is 0. The van der Waals surface area contributed by atoms with Gasteiger partial charge in [0.25, 0.3) is 11.7 Å². The predicted octanol–water partition coefficient (Wildman–Crippen LogP) is 3.03. The van der Waals surface area contributed by atoms with E-state index in [2.05, 4.69) is 20.9 Å². The fraction of sp³-hybridized carbons (Fsp3) is 0.125. The molecule has 0 atom stereocenters. The number of alkyl halides is 2. The minimum absolute atomic E-state index is 0.0398. The van der Waals surface area contributed by atoms with Crippen molar-refractivity contribution in [1.29, 1.82) is 5.26 Å². The lowest BCUT2D eigenvalue weighted by Gasteiger charge is -2.07. The van der Waals surface area contributed by atoms with Crippen molar-refractivity contribution in [3.63, 3.8) is 0 Å². The summed E-state index contributed by atoms with van der Waals surface area (Å²) in [6.45, 7) is 0. The van der Waals surface area contributed by atoms with Gasteiger partial charge < -0.3 is 0 Å². The van der Waals surface area contributed by atoms with E-state index in [1.165, 1.54) is 0 Å². The highest BCUT2D eigenvalue weighted by molar-refractivity contribution is 9.10. The van der Waals surface area contributed by atoms with Crippen LogP contribution in [0.1, 0.15) is 27.9 Å². The number of carbonyl (C=O) groups is 1. The van der Waals surface area contributed by atoms with Gasteiger partial charge in [0.05, 0.1) is 16.7 Å². The van der Waals surface area contributed by atoms with Crippen LogP contribution in [-0.2, 0) is 0 Å². The molecular formula is C8H2BrClF2N2O. The number of hydrogen-bond acceptors (Lipinski definition) is 3. The Kier molecular flexibility index (Phi) is 3.72. The second-order valence-corrected chi connectivity index (χ2v) is 3.53. The van der Waals surface area contributed by atoms with Crippen LogP contribution in [0.2, 0.25) is 0 Å². The summed E-state index contributed by atoms with van der Waals surface area (Å²) >= 11 is 7.93. The third-order valence-corrected chi connectivity index (χ3v) is 2.42. The van der Waals surface area contributed by atoms with Crippen LogP contribution in [0.5, 0.6) is 0 Å². The number of nitrogens with zero attached hydrogens (tertiary/aromatic N) is 2. The van der Waals surface area contributed by atoms with Gasteiger partial charge in [-0.25, -0.2) is 13.8 Å². The van der Waals surface area contributed by atoms with Crippen LogP contribution in [0, 0.1) is 11.3 Å². The van der Waals surface area contributed by atoms with Crippen molar-refractivity contribution in [2.45, 2.75) is 6.43 Å². The molecule has 0 saturated carbocycles. The highest BCUT2D eigenvalue weighted by Gasteiger charge is 2.24. The molecule has 0 aliphatic rings. The zero-order valence-electron chi connectivity index (χ0n) is 6.97. The number of aromatic nitrogens is 1. The third kappa shape index (κ3) is 2.30. The first-order chi connectivity index (χ1) is 6.99. The number of halogens is 4. The van der Waals surface area contributed by atoms with E-state index in [9.17, 15) is 13.6 Å². The number of hydrogen-bond donors (Lipinski definition) is 0. The molecule has 0 amide bonds. The molecule has 0 aromatic carbocycles. The van der Waals surface area contributed by atoms with Gasteiger partial charge in [-0.1, -0.05) is 0 Å². The topological polar surface area (TPSA) is 53.8 Å². The van der Waals surface area contributed by atoms with Crippen LogP contribution < -0.4 is 0 Å². The smallest absolute Gasteiger partial charge is 0.266 e. The number of nitriles is 1. The van der Waals surface area contributed by atoms with Crippen molar-refractivity contribution in [3.05, 3.63) is 27.5 Å². The lowest BCUT2D eigenvalue weighted by Crippen LogP contribution is -2.04. The van der Waals surface area contributed by atoms with E-state index in [4.69, 9.17) is 16.9 Å². The fourth-order valence-corrected chi connectivity index (χ4v) is 1.55. The summed E-state index contributed by atoms with van der Waals surface area (Å²) in [4.78, 5) is 14.4. The molecular weight excluding hydrogens is 293 g/mol. The van der Waals surface area contributed by atoms with E-state index in [1.54, 1.807) is 6.07 Å². The van der Waals surface area contributed by atoms with Crippen LogP contribution in [0.25, 0.3) is 0 Å². The average molecular weight is 295 g/mol. The standard InChI is InChI=1S/C8H2BrClF2N2O/c9-6-3(1-13)5(8(11)12)4(2-14-6)7(10)15/h2,8H. The molecule has 1 heterocycles. The van der Waals surface area contributed by atoms with Crippen molar-refractivity contribution in [2.75, 3.05) is 0 Å². The molecule has 1 aromatic rings. The van der Waals surface area contributed by atoms with Gasteiger partial charge in [0.15, 0.2) is 0 Å². The first-order valence-electron chi connectivity index (χ1n) is 3.55. The minimum Gasteiger partial charge on any atom is -0.276 e. The summed E-state index contributed by atoms with van der Waals surface area (Å²) < 4.78 is 25.2. The Morgan fingerprint density at radius 3 is 2.67 bits per heavy atom. The van der Waals surface area contributed by atoms with Gasteiger partial charge in [-0.2, -0.15) is 5.26 Å². The van der Waals surface area contributed by atoms with Gasteiger partial charge in [0.2, 0.25) is 0 Å². The second-order valence-electron chi connectivity index (χ2n) is 2.44. The highest BCUT2D eigenvalue weighted by Crippen LogP contribution is 2.30. The summed E-state index contributed by atoms with van der Waals surface area (Å²) in [5.74, 6) is 0. The lowest BCUT2D eigenvalue weighted by molar-refractivity contribution is 0.106. The molecule has 7 heteroatoms. The van der Waals surface area contributed by atoms with E-state index in [0.29, 0.717) is 0 Å². The Balaban J connectivity index is 3.58. The molecule has 3 nitrogen and oxygen atoms in total. The molecule has 1 rings (SSSR count). The van der Waals surface area contributed by atoms with E-state index in [1.807, 2.05) is 0 Å². The first kappa shape index (κ1) is 12.0. The first-order valence-corrected chi connectivity index (χ1v) is 4.72. The highest BCUT2D eigenvalue weighted by atomic mass is 79.9. The monoisotopic (exact) mass is 294 g/mol. The lowest BCUT2D eigenvalue weighted by atomic mass is 10.1. The van der Waals surface area contributed by atoms with Crippen LogP contribution in [0.3, 0.4) is 0 Å². The molecule has 0 radical (unpaired) electrons. The van der Waals surface area contributed by atoms with Crippen LogP contribution in [0.15, 0.2) is 10.8 Å². The summed E-state index contributed by atoms with van der Waals surface area (Å²) in [6, 6.07) is 1.54. The van der Waals surface area contributed by atoms with Gasteiger partial charge in [-0.3, -0.25) is 4.79 Å². The summed E-state index contributed by atoms with van der Waals surface area (Å²) in [5, 5.41) is 7.58. The molecule has 1 aromatic heterocycles. The summed E-state index contributed by atoms with van der Waals surface area (Å²) in [5.41, 5.74) is -1.53. The predicted molar refractivity (Wildman–Crippen MR) is 51.8 cm³/mol. The zero-order chi connectivity index (χ0) is 11.6. The second kappa shape index (κ2) is 4.64. The van der Waals surface area contributed by atoms with Crippen molar-refractivity contribution in [1.82, 2.24) is 4.98 Å². The Morgan fingerprint density at radius 1 is 1.67 bits per heavy atom. The Hall–Kier alpha value is -1.06. The molecule has 0 bridgehead atoms. The van der Waals surface area contributed by atoms with Gasteiger partial charge in [0, 0.05) is 6.20 Å². The molecule has 78 valence electrons. The molecule has 0 N–H and O–H groups in total. The van der Waals surface area contributed by atoms with Gasteiger partial charge >= 0.3 is 0 Å². The summed E-state index contributed by atoms with van der Waals surface area (Å²) in [6.07, 6.45) is -2.06. The van der Waals surface area contributed by atoms with Crippen LogP contribution >= 0.6 is 27.5 Å². The van der Waals surface area contributed by atoms with E-state index >= 15 is 0 Å². The Bertz CT molecular complexity index is 459. The van der Waals surface area contributed by atoms with E-state index in [0.717, 1.165) is 6.20 Å². The third-order valence-electron chi connectivity index (χ3n) is 1.61.